The van der Waals surface area contributed by atoms with E-state index >= 15 is 0 Å². The number of aromatic nitrogens is 2. The summed E-state index contributed by atoms with van der Waals surface area (Å²) in [7, 11) is 0. The van der Waals surface area contributed by atoms with E-state index in [1.807, 2.05) is 13.8 Å². The van der Waals surface area contributed by atoms with E-state index in [9.17, 15) is 4.79 Å². The molecule has 1 fully saturated rings. The van der Waals surface area contributed by atoms with Crippen LogP contribution in [0.4, 0.5) is 5.82 Å². The number of rotatable bonds is 6. The van der Waals surface area contributed by atoms with Gasteiger partial charge in [0.2, 0.25) is 0 Å². The molecule has 1 aromatic rings. The standard InChI is InChI=1S/C13H20N4O/c1-3-14-12-8-15-11(7-16-12)13(18)17-9(2)6-10-4-5-10/h7-10H,3-6H2,1-2H3,(H,14,16)(H,17,18). The number of nitrogens with one attached hydrogen (secondary N) is 2. The van der Waals surface area contributed by atoms with Crippen LogP contribution in [-0.2, 0) is 0 Å². The summed E-state index contributed by atoms with van der Waals surface area (Å²) < 4.78 is 0. The van der Waals surface area contributed by atoms with E-state index < -0.39 is 0 Å². The second kappa shape index (κ2) is 5.80. The van der Waals surface area contributed by atoms with E-state index in [4.69, 9.17) is 0 Å². The Morgan fingerprint density at radius 3 is 2.78 bits per heavy atom. The van der Waals surface area contributed by atoms with Crippen molar-refractivity contribution in [2.75, 3.05) is 11.9 Å². The van der Waals surface area contributed by atoms with Gasteiger partial charge in [0.1, 0.15) is 11.5 Å². The summed E-state index contributed by atoms with van der Waals surface area (Å²) in [6, 6.07) is 0.209. The summed E-state index contributed by atoms with van der Waals surface area (Å²) in [5, 5.41) is 6.00. The smallest absolute Gasteiger partial charge is 0.271 e. The van der Waals surface area contributed by atoms with Crippen LogP contribution in [0.15, 0.2) is 12.4 Å². The fraction of sp³-hybridized carbons (Fsp3) is 0.615. The predicted octanol–water partition coefficient (Wildman–Crippen LogP) is 1.83. The molecule has 1 saturated carbocycles. The Bertz CT molecular complexity index is 400. The second-order valence-corrected chi connectivity index (χ2v) is 4.87. The van der Waals surface area contributed by atoms with E-state index in [-0.39, 0.29) is 11.9 Å². The second-order valence-electron chi connectivity index (χ2n) is 4.87. The van der Waals surface area contributed by atoms with E-state index in [0.29, 0.717) is 11.5 Å². The van der Waals surface area contributed by atoms with Gasteiger partial charge in [0.05, 0.1) is 12.4 Å². The molecule has 1 aliphatic carbocycles. The quantitative estimate of drug-likeness (QED) is 0.806. The van der Waals surface area contributed by atoms with Crippen LogP contribution < -0.4 is 10.6 Å². The van der Waals surface area contributed by atoms with Crippen LogP contribution in [0.25, 0.3) is 0 Å². The highest BCUT2D eigenvalue weighted by Gasteiger charge is 2.24. The molecular weight excluding hydrogens is 228 g/mol. The molecule has 18 heavy (non-hydrogen) atoms. The van der Waals surface area contributed by atoms with Gasteiger partial charge in [-0.05, 0) is 26.2 Å². The van der Waals surface area contributed by atoms with Gasteiger partial charge in [-0.2, -0.15) is 0 Å². The third kappa shape index (κ3) is 3.68. The first kappa shape index (κ1) is 12.8. The summed E-state index contributed by atoms with van der Waals surface area (Å²) in [5.74, 6) is 1.36. The molecule has 5 nitrogen and oxygen atoms in total. The van der Waals surface area contributed by atoms with E-state index in [1.165, 1.54) is 19.0 Å². The van der Waals surface area contributed by atoms with Crippen LogP contribution >= 0.6 is 0 Å². The first-order valence-electron chi connectivity index (χ1n) is 6.55. The van der Waals surface area contributed by atoms with Gasteiger partial charge in [0.25, 0.3) is 5.91 Å². The van der Waals surface area contributed by atoms with Gasteiger partial charge in [-0.15, -0.1) is 0 Å². The van der Waals surface area contributed by atoms with Crippen molar-refractivity contribution in [2.24, 2.45) is 5.92 Å². The lowest BCUT2D eigenvalue weighted by Crippen LogP contribution is -2.33. The Hall–Kier alpha value is -1.65. The SMILES string of the molecule is CCNc1cnc(C(=O)NC(C)CC2CC2)cn1. The summed E-state index contributed by atoms with van der Waals surface area (Å²) in [6.45, 7) is 4.82. The topological polar surface area (TPSA) is 66.9 Å². The predicted molar refractivity (Wildman–Crippen MR) is 70.5 cm³/mol. The van der Waals surface area contributed by atoms with E-state index in [2.05, 4.69) is 20.6 Å². The number of hydrogen-bond donors (Lipinski definition) is 2. The molecule has 1 aliphatic rings. The van der Waals surface area contributed by atoms with Crippen LogP contribution in [0.1, 0.15) is 43.6 Å². The van der Waals surface area contributed by atoms with Gasteiger partial charge in [0.15, 0.2) is 0 Å². The molecule has 0 saturated heterocycles. The average Bonchev–Trinajstić information content (AvgIpc) is 3.14. The fourth-order valence-corrected chi connectivity index (χ4v) is 1.93. The molecule has 98 valence electrons. The molecule has 2 N–H and O–H groups in total. The lowest BCUT2D eigenvalue weighted by molar-refractivity contribution is 0.0932. The van der Waals surface area contributed by atoms with Crippen LogP contribution in [0, 0.1) is 5.92 Å². The van der Waals surface area contributed by atoms with Gasteiger partial charge in [0, 0.05) is 12.6 Å². The Balaban J connectivity index is 1.86. The van der Waals surface area contributed by atoms with E-state index in [0.717, 1.165) is 18.9 Å². The van der Waals surface area contributed by atoms with E-state index in [1.54, 1.807) is 6.20 Å². The zero-order valence-corrected chi connectivity index (χ0v) is 10.9. The average molecular weight is 248 g/mol. The number of carbonyl (C=O) groups excluding carboxylic acids is 1. The molecule has 5 heteroatoms. The van der Waals surface area contributed by atoms with Gasteiger partial charge < -0.3 is 10.6 Å². The lowest BCUT2D eigenvalue weighted by atomic mass is 10.1. The fourth-order valence-electron chi connectivity index (χ4n) is 1.93. The Morgan fingerprint density at radius 2 is 2.22 bits per heavy atom. The maximum Gasteiger partial charge on any atom is 0.271 e. The number of anilines is 1. The molecule has 1 amide bonds. The molecule has 0 bridgehead atoms. The normalized spacial score (nSPS) is 16.1. The highest BCUT2D eigenvalue weighted by molar-refractivity contribution is 5.92. The van der Waals surface area contributed by atoms with Crippen molar-refractivity contribution < 1.29 is 4.79 Å². The third-order valence-corrected chi connectivity index (χ3v) is 3.00. The van der Waals surface area contributed by atoms with Crippen LogP contribution in [0.5, 0.6) is 0 Å². The molecule has 0 spiro atoms. The minimum atomic E-state index is -0.140. The Kier molecular flexibility index (Phi) is 4.12. The maximum absolute atomic E-state index is 11.9. The molecule has 1 unspecified atom stereocenters. The van der Waals surface area contributed by atoms with Gasteiger partial charge in [-0.1, -0.05) is 12.8 Å². The van der Waals surface area contributed by atoms with Crippen molar-refractivity contribution in [3.05, 3.63) is 18.1 Å². The largest absolute Gasteiger partial charge is 0.369 e. The van der Waals surface area contributed by atoms with Crippen molar-refractivity contribution in [3.8, 4) is 0 Å². The van der Waals surface area contributed by atoms with Crippen molar-refractivity contribution >= 4 is 11.7 Å². The molecule has 1 atom stereocenters. The highest BCUT2D eigenvalue weighted by Crippen LogP contribution is 2.33. The first-order valence-corrected chi connectivity index (χ1v) is 6.55. The van der Waals surface area contributed by atoms with Crippen LogP contribution in [0.3, 0.4) is 0 Å². The zero-order chi connectivity index (χ0) is 13.0. The maximum atomic E-state index is 11.9. The number of amides is 1. The van der Waals surface area contributed by atoms with Crippen LogP contribution in [0.2, 0.25) is 0 Å². The van der Waals surface area contributed by atoms with Crippen molar-refractivity contribution in [1.29, 1.82) is 0 Å². The number of carbonyl (C=O) groups is 1. The minimum Gasteiger partial charge on any atom is -0.369 e. The first-order chi connectivity index (χ1) is 8.69. The minimum absolute atomic E-state index is 0.140. The number of hydrogen-bond acceptors (Lipinski definition) is 4. The monoisotopic (exact) mass is 248 g/mol. The zero-order valence-electron chi connectivity index (χ0n) is 10.9. The molecule has 1 heterocycles. The van der Waals surface area contributed by atoms with Crippen molar-refractivity contribution in [3.63, 3.8) is 0 Å². The summed E-state index contributed by atoms with van der Waals surface area (Å²) in [5.41, 5.74) is 0.374. The number of nitrogens with zero attached hydrogens (tertiary/aromatic N) is 2. The Labute approximate surface area is 107 Å². The molecule has 1 aromatic heterocycles. The highest BCUT2D eigenvalue weighted by atomic mass is 16.1. The van der Waals surface area contributed by atoms with Crippen LogP contribution in [-0.4, -0.2) is 28.5 Å². The molecule has 0 radical (unpaired) electrons. The van der Waals surface area contributed by atoms with Crippen molar-refractivity contribution in [1.82, 2.24) is 15.3 Å². The van der Waals surface area contributed by atoms with Crippen molar-refractivity contribution in [2.45, 2.75) is 39.2 Å². The molecular formula is C13H20N4O. The molecule has 2 rings (SSSR count). The lowest BCUT2D eigenvalue weighted by Gasteiger charge is -2.12. The van der Waals surface area contributed by atoms with Gasteiger partial charge >= 0.3 is 0 Å². The summed E-state index contributed by atoms with van der Waals surface area (Å²) in [6.07, 6.45) is 6.77. The summed E-state index contributed by atoms with van der Waals surface area (Å²) in [4.78, 5) is 20.1. The summed E-state index contributed by atoms with van der Waals surface area (Å²) >= 11 is 0. The molecule has 0 aliphatic heterocycles. The Morgan fingerprint density at radius 1 is 1.44 bits per heavy atom. The molecule has 0 aromatic carbocycles. The van der Waals surface area contributed by atoms with Gasteiger partial charge in [-0.3, -0.25) is 4.79 Å². The third-order valence-electron chi connectivity index (χ3n) is 3.00. The van der Waals surface area contributed by atoms with Gasteiger partial charge in [-0.25, -0.2) is 9.97 Å².